The van der Waals surface area contributed by atoms with Crippen molar-refractivity contribution in [1.82, 2.24) is 15.6 Å². The summed E-state index contributed by atoms with van der Waals surface area (Å²) in [7, 11) is 1.54. The number of methoxy groups -OCH3 is 1. The Hall–Kier alpha value is -3.08. The van der Waals surface area contributed by atoms with Crippen LogP contribution in [0, 0.1) is 0 Å². The predicted molar refractivity (Wildman–Crippen MR) is 136 cm³/mol. The van der Waals surface area contributed by atoms with Crippen molar-refractivity contribution < 1.29 is 19.1 Å². The van der Waals surface area contributed by atoms with Gasteiger partial charge in [-0.05, 0) is 55.7 Å². The smallest absolute Gasteiger partial charge is 0.319 e. The van der Waals surface area contributed by atoms with Crippen LogP contribution in [-0.4, -0.2) is 36.6 Å². The summed E-state index contributed by atoms with van der Waals surface area (Å²) in [4.78, 5) is 29.1. The van der Waals surface area contributed by atoms with E-state index in [1.165, 1.54) is 7.11 Å². The predicted octanol–water partition coefficient (Wildman–Crippen LogP) is 5.00. The second kappa shape index (κ2) is 10.2. The minimum Gasteiger partial charge on any atom is -0.496 e. The second-order valence-corrected chi connectivity index (χ2v) is 8.43. The number of amides is 3. The van der Waals surface area contributed by atoms with E-state index in [9.17, 15) is 9.59 Å². The van der Waals surface area contributed by atoms with Crippen LogP contribution in [0.5, 0.6) is 17.2 Å². The summed E-state index contributed by atoms with van der Waals surface area (Å²) in [6.07, 6.45) is 3.66. The maximum atomic E-state index is 12.8. The minimum atomic E-state index is -0.247. The molecule has 33 heavy (non-hydrogen) atoms. The Balaban J connectivity index is 1.65. The number of hydrogen-bond acceptors (Lipinski definition) is 5. The summed E-state index contributed by atoms with van der Waals surface area (Å²) in [6, 6.07) is 10.8. The molecule has 3 N–H and O–H groups in total. The molecule has 0 radical (unpaired) electrons. The zero-order valence-corrected chi connectivity index (χ0v) is 20.6. The molecule has 0 saturated heterocycles. The van der Waals surface area contributed by atoms with E-state index in [1.807, 2.05) is 19.1 Å². The highest BCUT2D eigenvalue weighted by Gasteiger charge is 2.26. The number of hydrogen-bond donors (Lipinski definition) is 3. The van der Waals surface area contributed by atoms with Gasteiger partial charge in [0.1, 0.15) is 17.2 Å². The number of pyridine rings is 1. The molecule has 8 nitrogen and oxygen atoms in total. The fourth-order valence-electron chi connectivity index (χ4n) is 3.39. The third-order valence-corrected chi connectivity index (χ3v) is 6.04. The molecule has 0 bridgehead atoms. The van der Waals surface area contributed by atoms with Crippen molar-refractivity contribution in [3.05, 3.63) is 53.7 Å². The minimum absolute atomic E-state index is 0.168. The molecule has 0 aliphatic heterocycles. The van der Waals surface area contributed by atoms with Gasteiger partial charge in [0.2, 0.25) is 0 Å². The Morgan fingerprint density at radius 1 is 1.15 bits per heavy atom. The number of alkyl halides is 1. The first-order chi connectivity index (χ1) is 16.0. The van der Waals surface area contributed by atoms with Crippen molar-refractivity contribution in [1.29, 1.82) is 0 Å². The number of fused-ring (bicyclic) bond motifs is 1. The van der Waals surface area contributed by atoms with E-state index in [0.29, 0.717) is 44.7 Å². The molecule has 172 valence electrons. The average Bonchev–Trinajstić information content (AvgIpc) is 3.63. The van der Waals surface area contributed by atoms with E-state index in [2.05, 4.69) is 43.5 Å². The van der Waals surface area contributed by atoms with Crippen LogP contribution in [0.2, 0.25) is 0 Å². The molecule has 1 saturated carbocycles. The topological polar surface area (TPSA) is 102 Å². The molecule has 1 aliphatic carbocycles. The van der Waals surface area contributed by atoms with Gasteiger partial charge in [-0.1, -0.05) is 22.6 Å². The summed E-state index contributed by atoms with van der Waals surface area (Å²) in [5, 5.41) is 9.30. The van der Waals surface area contributed by atoms with Gasteiger partial charge in [0, 0.05) is 40.4 Å². The second-order valence-electron chi connectivity index (χ2n) is 7.67. The molecular formula is C24H25IN4O4. The van der Waals surface area contributed by atoms with Gasteiger partial charge in [-0.3, -0.25) is 9.78 Å². The Bertz CT molecular complexity index is 1200. The first kappa shape index (κ1) is 23.1. The third-order valence-electron chi connectivity index (χ3n) is 5.21. The first-order valence-electron chi connectivity index (χ1n) is 10.7. The van der Waals surface area contributed by atoms with Crippen molar-refractivity contribution in [2.75, 3.05) is 19.0 Å². The Morgan fingerprint density at radius 2 is 1.97 bits per heavy atom. The zero-order chi connectivity index (χ0) is 23.4. The average molecular weight is 560 g/mol. The van der Waals surface area contributed by atoms with Crippen LogP contribution >= 0.6 is 22.6 Å². The van der Waals surface area contributed by atoms with E-state index in [4.69, 9.17) is 9.47 Å². The summed E-state index contributed by atoms with van der Waals surface area (Å²) >= 11 is 2.25. The van der Waals surface area contributed by atoms with Crippen LogP contribution in [-0.2, 0) is 4.43 Å². The van der Waals surface area contributed by atoms with Crippen LogP contribution < -0.4 is 25.4 Å². The maximum Gasteiger partial charge on any atom is 0.319 e. The molecule has 1 aliphatic rings. The molecule has 1 fully saturated rings. The van der Waals surface area contributed by atoms with Crippen molar-refractivity contribution in [3.63, 3.8) is 0 Å². The number of urea groups is 1. The zero-order valence-electron chi connectivity index (χ0n) is 18.4. The number of nitrogens with zero attached hydrogens (tertiary/aromatic N) is 1. The fraction of sp³-hybridized carbons (Fsp3) is 0.292. The van der Waals surface area contributed by atoms with Crippen molar-refractivity contribution in [3.8, 4) is 17.2 Å². The number of benzene rings is 2. The van der Waals surface area contributed by atoms with Crippen LogP contribution in [0.15, 0.2) is 42.6 Å². The van der Waals surface area contributed by atoms with Gasteiger partial charge >= 0.3 is 6.03 Å². The van der Waals surface area contributed by atoms with Crippen molar-refractivity contribution >= 4 is 51.1 Å². The van der Waals surface area contributed by atoms with Crippen LogP contribution in [0.3, 0.4) is 0 Å². The molecule has 0 unspecified atom stereocenters. The molecule has 3 aromatic rings. The molecule has 0 spiro atoms. The Kier molecular flexibility index (Phi) is 7.17. The lowest BCUT2D eigenvalue weighted by atomic mass is 10.1. The molecule has 1 heterocycles. The fourth-order valence-corrected chi connectivity index (χ4v) is 4.03. The number of rotatable bonds is 8. The SMILES string of the molecule is CCNC(=O)Nc1ccc(Oc2ccnc3cc(OC)c(C(=O)NC4CC4)cc23)cc1CI. The van der Waals surface area contributed by atoms with E-state index >= 15 is 0 Å². The summed E-state index contributed by atoms with van der Waals surface area (Å²) in [6.45, 7) is 2.42. The highest BCUT2D eigenvalue weighted by Crippen LogP contribution is 2.35. The van der Waals surface area contributed by atoms with Crippen LogP contribution in [0.4, 0.5) is 10.5 Å². The quantitative estimate of drug-likeness (QED) is 0.266. The van der Waals surface area contributed by atoms with Gasteiger partial charge in [-0.2, -0.15) is 0 Å². The Labute approximate surface area is 205 Å². The van der Waals surface area contributed by atoms with E-state index in [0.717, 1.165) is 24.1 Å². The molecule has 1 aromatic heterocycles. The van der Waals surface area contributed by atoms with Gasteiger partial charge in [-0.15, -0.1) is 0 Å². The number of nitrogens with one attached hydrogen (secondary N) is 3. The molecule has 2 aromatic carbocycles. The summed E-state index contributed by atoms with van der Waals surface area (Å²) in [5.41, 5.74) is 2.77. The first-order valence-corrected chi connectivity index (χ1v) is 12.2. The number of carbonyl (C=O) groups is 2. The van der Waals surface area contributed by atoms with E-state index in [1.54, 1.807) is 30.5 Å². The van der Waals surface area contributed by atoms with Crippen molar-refractivity contribution in [2.45, 2.75) is 30.2 Å². The van der Waals surface area contributed by atoms with Gasteiger partial charge in [0.25, 0.3) is 5.91 Å². The summed E-state index contributed by atoms with van der Waals surface area (Å²) < 4.78 is 12.3. The molecule has 0 atom stereocenters. The van der Waals surface area contributed by atoms with Gasteiger partial charge in [0.05, 0.1) is 18.2 Å². The van der Waals surface area contributed by atoms with E-state index in [-0.39, 0.29) is 18.0 Å². The number of ether oxygens (including phenoxy) is 2. The number of carbonyl (C=O) groups excluding carboxylic acids is 2. The Morgan fingerprint density at radius 3 is 2.67 bits per heavy atom. The lowest BCUT2D eigenvalue weighted by Crippen LogP contribution is -2.28. The normalized spacial score (nSPS) is 12.8. The lowest BCUT2D eigenvalue weighted by Gasteiger charge is -2.15. The highest BCUT2D eigenvalue weighted by molar-refractivity contribution is 14.1. The largest absolute Gasteiger partial charge is 0.496 e. The third kappa shape index (κ3) is 5.47. The number of aromatic nitrogens is 1. The summed E-state index contributed by atoms with van der Waals surface area (Å²) in [5.74, 6) is 1.50. The van der Waals surface area contributed by atoms with Crippen LogP contribution in [0.1, 0.15) is 35.7 Å². The molecule has 3 amide bonds. The van der Waals surface area contributed by atoms with Crippen LogP contribution in [0.25, 0.3) is 10.9 Å². The monoisotopic (exact) mass is 560 g/mol. The lowest BCUT2D eigenvalue weighted by molar-refractivity contribution is 0.0948. The molecule has 4 rings (SSSR count). The van der Waals surface area contributed by atoms with Gasteiger partial charge < -0.3 is 25.4 Å². The van der Waals surface area contributed by atoms with E-state index < -0.39 is 0 Å². The standard InChI is InChI=1S/C24H25IN4O4/c1-3-26-24(31)29-19-7-6-16(10-14(19)13-25)33-21-8-9-27-20-12-22(32-2)18(11-17(20)21)23(30)28-15-4-5-15/h6-12,15H,3-5,13H2,1-2H3,(H,28,30)(H2,26,29,31). The van der Waals surface area contributed by atoms with Gasteiger partial charge in [0.15, 0.2) is 0 Å². The molecule has 9 heteroatoms. The van der Waals surface area contributed by atoms with Crippen molar-refractivity contribution in [2.24, 2.45) is 0 Å². The maximum absolute atomic E-state index is 12.8. The molecular weight excluding hydrogens is 535 g/mol. The van der Waals surface area contributed by atoms with Gasteiger partial charge in [-0.25, -0.2) is 4.79 Å². The highest BCUT2D eigenvalue weighted by atomic mass is 127. The number of halogens is 1. The number of anilines is 1.